The summed E-state index contributed by atoms with van der Waals surface area (Å²) >= 11 is 0. The molecule has 0 aliphatic heterocycles. The second-order valence-corrected chi connectivity index (χ2v) is 19.1. The van der Waals surface area contributed by atoms with Crippen molar-refractivity contribution in [3.63, 3.8) is 0 Å². The van der Waals surface area contributed by atoms with E-state index in [0.717, 1.165) is 89.2 Å². The monoisotopic (exact) mass is 817 g/mol. The summed E-state index contributed by atoms with van der Waals surface area (Å²) in [6.45, 7) is 13.5. The molecule has 0 radical (unpaired) electrons. The van der Waals surface area contributed by atoms with E-state index in [9.17, 15) is 0 Å². The van der Waals surface area contributed by atoms with Crippen LogP contribution in [0.15, 0.2) is 185 Å². The number of fused-ring (bicyclic) bond motifs is 12. The van der Waals surface area contributed by atoms with Crippen LogP contribution in [0, 0.1) is 0 Å². The zero-order valence-corrected chi connectivity index (χ0v) is 36.4. The van der Waals surface area contributed by atoms with Gasteiger partial charge in [0.2, 0.25) is 11.4 Å². The Morgan fingerprint density at radius 3 is 1.30 bits per heavy atom. The molecule has 4 heterocycles. The van der Waals surface area contributed by atoms with E-state index >= 15 is 0 Å². The maximum atomic E-state index is 7.10. The Labute approximate surface area is 366 Å². The fraction of sp³-hybridized carbons (Fsp3) is 0.138. The normalized spacial score (nSPS) is 12.6. The summed E-state index contributed by atoms with van der Waals surface area (Å²) < 4.78 is 16.4. The Kier molecular flexibility index (Phi) is 7.99. The molecule has 12 rings (SSSR count). The molecule has 5 heteroatoms. The van der Waals surface area contributed by atoms with Crippen LogP contribution in [0.5, 0.6) is 0 Å². The maximum Gasteiger partial charge on any atom is 0.216 e. The molecule has 0 saturated carbocycles. The van der Waals surface area contributed by atoms with Crippen LogP contribution in [0.3, 0.4) is 0 Å². The summed E-state index contributed by atoms with van der Waals surface area (Å²) in [6, 6.07) is 63.4. The number of para-hydroxylation sites is 2. The molecule has 0 bridgehead atoms. The molecule has 0 spiro atoms. The Morgan fingerprint density at radius 2 is 0.794 bits per heavy atom. The van der Waals surface area contributed by atoms with Gasteiger partial charge in [-0.1, -0.05) is 126 Å². The summed E-state index contributed by atoms with van der Waals surface area (Å²) in [5.41, 5.74) is 13.5. The van der Waals surface area contributed by atoms with E-state index < -0.39 is 0 Å². The second-order valence-electron chi connectivity index (χ2n) is 19.1. The van der Waals surface area contributed by atoms with Crippen molar-refractivity contribution in [3.05, 3.63) is 187 Å². The zero-order chi connectivity index (χ0) is 42.8. The largest absolute Gasteiger partial charge is 0.439 e. The number of aromatic nitrogens is 1. The Morgan fingerprint density at radius 1 is 0.365 bits per heavy atom. The average molecular weight is 818 g/mol. The van der Waals surface area contributed by atoms with Crippen molar-refractivity contribution in [1.29, 1.82) is 0 Å². The summed E-state index contributed by atoms with van der Waals surface area (Å²) in [5, 5.41) is 9.09. The number of hydrogen-bond acceptors (Lipinski definition) is 4. The average Bonchev–Trinajstić information content (AvgIpc) is 4.02. The van der Waals surface area contributed by atoms with E-state index in [2.05, 4.69) is 232 Å². The van der Waals surface area contributed by atoms with Gasteiger partial charge in [-0.2, -0.15) is 0 Å². The van der Waals surface area contributed by atoms with Gasteiger partial charge in [-0.15, -0.1) is 0 Å². The molecule has 63 heavy (non-hydrogen) atoms. The number of furan rings is 2. The van der Waals surface area contributed by atoms with Crippen LogP contribution in [0.4, 0.5) is 34.1 Å². The van der Waals surface area contributed by atoms with Crippen molar-refractivity contribution in [3.8, 4) is 0 Å². The number of nitrogens with zero attached hydrogens (tertiary/aromatic N) is 3. The summed E-state index contributed by atoms with van der Waals surface area (Å²) in [4.78, 5) is 4.62. The molecule has 8 aromatic carbocycles. The highest BCUT2D eigenvalue weighted by Gasteiger charge is 2.29. The highest BCUT2D eigenvalue weighted by Crippen LogP contribution is 2.50. The van der Waals surface area contributed by atoms with E-state index in [1.807, 2.05) is 0 Å². The molecule has 12 aromatic rings. The van der Waals surface area contributed by atoms with Crippen molar-refractivity contribution in [2.45, 2.75) is 52.4 Å². The van der Waals surface area contributed by atoms with Crippen LogP contribution in [0.25, 0.3) is 71.2 Å². The number of benzene rings is 8. The molecule has 0 fully saturated rings. The van der Waals surface area contributed by atoms with Gasteiger partial charge < -0.3 is 18.6 Å². The topological polar surface area (TPSA) is 37.2 Å². The number of rotatable bonds is 6. The lowest BCUT2D eigenvalue weighted by Crippen LogP contribution is -2.13. The zero-order valence-electron chi connectivity index (χ0n) is 36.4. The van der Waals surface area contributed by atoms with Crippen molar-refractivity contribution in [2.75, 3.05) is 9.80 Å². The Hall–Kier alpha value is -7.50. The molecule has 0 N–H and O–H groups in total. The SMILES string of the molecule is CC(C)(C)c1ccc(N(c2ccccc2)c2ccc3c(c2)oc2c3c3cc4ccccc4c4c5c6ccc(N(c7ccccc7)c7ccc(C(C)(C)C)cc7)cc6oc5n2c34)cc1. The predicted octanol–water partition coefficient (Wildman–Crippen LogP) is 17.0. The summed E-state index contributed by atoms with van der Waals surface area (Å²) in [7, 11) is 0. The third-order valence-corrected chi connectivity index (χ3v) is 13.0. The van der Waals surface area contributed by atoms with Crippen LogP contribution in [0.1, 0.15) is 52.7 Å². The van der Waals surface area contributed by atoms with Crippen LogP contribution < -0.4 is 9.80 Å². The van der Waals surface area contributed by atoms with Crippen LogP contribution >= 0.6 is 0 Å². The third kappa shape index (κ3) is 5.76. The smallest absolute Gasteiger partial charge is 0.216 e. The first-order valence-electron chi connectivity index (χ1n) is 21.9. The van der Waals surface area contributed by atoms with Crippen molar-refractivity contribution in [1.82, 2.24) is 4.40 Å². The highest BCUT2D eigenvalue weighted by atomic mass is 16.4. The fourth-order valence-electron chi connectivity index (χ4n) is 9.82. The van der Waals surface area contributed by atoms with E-state index in [-0.39, 0.29) is 10.8 Å². The molecule has 0 unspecified atom stereocenters. The van der Waals surface area contributed by atoms with Gasteiger partial charge in [0.1, 0.15) is 11.2 Å². The first-order valence-corrected chi connectivity index (χ1v) is 21.9. The van der Waals surface area contributed by atoms with Gasteiger partial charge in [0.15, 0.2) is 0 Å². The fourth-order valence-corrected chi connectivity index (χ4v) is 9.82. The molecule has 0 aliphatic rings. The van der Waals surface area contributed by atoms with Gasteiger partial charge in [0.05, 0.1) is 16.3 Å². The second kappa shape index (κ2) is 13.5. The van der Waals surface area contributed by atoms with Gasteiger partial charge in [0, 0.05) is 67.8 Å². The highest BCUT2D eigenvalue weighted by molar-refractivity contribution is 6.36. The third-order valence-electron chi connectivity index (χ3n) is 13.0. The van der Waals surface area contributed by atoms with Crippen LogP contribution in [-0.4, -0.2) is 4.40 Å². The minimum atomic E-state index is 0.0586. The van der Waals surface area contributed by atoms with E-state index in [1.165, 1.54) is 27.3 Å². The summed E-state index contributed by atoms with van der Waals surface area (Å²) in [5.74, 6) is 0. The molecule has 0 aliphatic carbocycles. The Bertz CT molecular complexity index is 3670. The lowest BCUT2D eigenvalue weighted by Gasteiger charge is -2.26. The van der Waals surface area contributed by atoms with Crippen molar-refractivity contribution < 1.29 is 8.83 Å². The standard InChI is InChI=1S/C58H47N3O2/c1-57(2,3)37-21-25-41(26-22-37)59(39-16-9-7-10-17-39)43-29-31-46-49(34-43)62-55-51(46)48-33-36-15-13-14-20-45(36)52-53-47-32-30-44(35-50(47)63-56(53)61(55)54(48)52)60(40-18-11-8-12-19-40)42-27-23-38(24-28-42)58(4,5)6/h7-35H,1-6H3. The molecule has 0 atom stereocenters. The van der Waals surface area contributed by atoms with E-state index in [0.29, 0.717) is 0 Å². The number of hydrogen-bond donors (Lipinski definition) is 0. The van der Waals surface area contributed by atoms with E-state index in [1.54, 1.807) is 0 Å². The van der Waals surface area contributed by atoms with Crippen molar-refractivity contribution in [2.24, 2.45) is 0 Å². The molecular weight excluding hydrogens is 771 g/mol. The molecule has 306 valence electrons. The quantitative estimate of drug-likeness (QED) is 0.167. The van der Waals surface area contributed by atoms with Crippen molar-refractivity contribution >= 4 is 105 Å². The molecular formula is C58H47N3O2. The first kappa shape index (κ1) is 37.3. The summed E-state index contributed by atoms with van der Waals surface area (Å²) in [6.07, 6.45) is 0. The Balaban J connectivity index is 1.07. The molecule has 5 nitrogen and oxygen atoms in total. The van der Waals surface area contributed by atoms with Crippen LogP contribution in [0.2, 0.25) is 0 Å². The predicted molar refractivity (Wildman–Crippen MR) is 265 cm³/mol. The molecule has 0 saturated heterocycles. The van der Waals surface area contributed by atoms with Gasteiger partial charge >= 0.3 is 0 Å². The van der Waals surface area contributed by atoms with E-state index in [4.69, 9.17) is 8.83 Å². The minimum absolute atomic E-state index is 0.0586. The maximum absolute atomic E-state index is 7.10. The minimum Gasteiger partial charge on any atom is -0.439 e. The molecule has 0 amide bonds. The lowest BCUT2D eigenvalue weighted by molar-refractivity contribution is 0.590. The number of anilines is 6. The first-order chi connectivity index (χ1) is 30.5. The molecule has 4 aromatic heterocycles. The van der Waals surface area contributed by atoms with Gasteiger partial charge in [-0.25, -0.2) is 4.40 Å². The van der Waals surface area contributed by atoms with Gasteiger partial charge in [-0.3, -0.25) is 0 Å². The van der Waals surface area contributed by atoms with Gasteiger partial charge in [0.25, 0.3) is 0 Å². The van der Waals surface area contributed by atoms with Crippen LogP contribution in [-0.2, 0) is 10.8 Å². The van der Waals surface area contributed by atoms with Gasteiger partial charge in [-0.05, 0) is 112 Å². The lowest BCUT2D eigenvalue weighted by atomic mass is 9.87.